The van der Waals surface area contributed by atoms with Crippen molar-refractivity contribution in [3.05, 3.63) is 42.6 Å². The Bertz CT molecular complexity index is 695. The fraction of sp³-hybridized carbons (Fsp3) is 0.850. The number of hydrogen-bond acceptors (Lipinski definition) is 8. The predicted molar refractivity (Wildman–Crippen MR) is 143 cm³/mol. The molecule has 19 heteroatoms. The predicted octanol–water partition coefficient (Wildman–Crippen LogP) is 3.37. The molecule has 39 heavy (non-hydrogen) atoms. The van der Waals surface area contributed by atoms with E-state index in [0.29, 0.717) is 17.6 Å². The van der Waals surface area contributed by atoms with Crippen LogP contribution in [0.2, 0.25) is 0 Å². The Balaban J connectivity index is -0.000000264. The Morgan fingerprint density at radius 3 is 1.85 bits per heavy atom. The summed E-state index contributed by atoms with van der Waals surface area (Å²) in [7, 11) is 0. The topological polar surface area (TPSA) is 242 Å². The zero-order valence-corrected chi connectivity index (χ0v) is 28.1. The molecule has 1 saturated carbocycles. The van der Waals surface area contributed by atoms with Crippen LogP contribution in [0.1, 0.15) is 59.8 Å². The first-order chi connectivity index (χ1) is 15.9. The third-order valence-electron chi connectivity index (χ3n) is 5.49. The Labute approximate surface area is 284 Å². The van der Waals surface area contributed by atoms with Crippen molar-refractivity contribution in [3.63, 3.8) is 0 Å². The Kier molecular flexibility index (Phi) is 34.2. The van der Waals surface area contributed by atoms with Crippen LogP contribution in [0.15, 0.2) is 16.8 Å². The van der Waals surface area contributed by atoms with Gasteiger partial charge in [-0.05, 0) is 68.4 Å². The summed E-state index contributed by atoms with van der Waals surface area (Å²) < 4.78 is 0. The van der Waals surface area contributed by atoms with Crippen LogP contribution in [0.5, 0.6) is 0 Å². The molecule has 2 fully saturated rings. The molecule has 2 heterocycles. The fourth-order valence-corrected chi connectivity index (χ4v) is 6.76. The van der Waals surface area contributed by atoms with Crippen molar-refractivity contribution in [2.24, 2.45) is 16.8 Å². The molecule has 14 nitrogen and oxygen atoms in total. The molecule has 0 aromatic rings. The van der Waals surface area contributed by atoms with E-state index in [0.717, 1.165) is 23.2 Å². The minimum absolute atomic E-state index is 0. The van der Waals surface area contributed by atoms with Crippen molar-refractivity contribution < 1.29 is 98.7 Å². The second-order valence-corrected chi connectivity index (χ2v) is 10.9. The first-order valence-electron chi connectivity index (χ1n) is 11.2. The number of thioether (sulfide) groups is 2. The minimum Gasteiger partial charge on any atom is -0.659 e. The van der Waals surface area contributed by atoms with E-state index < -0.39 is 10.2 Å². The van der Waals surface area contributed by atoms with Crippen molar-refractivity contribution >= 4 is 29.2 Å². The number of allylic oxidation sites excluding steroid dienone is 2. The summed E-state index contributed by atoms with van der Waals surface area (Å²) in [6.45, 7) is 8.67. The van der Waals surface area contributed by atoms with Crippen LogP contribution in [-0.4, -0.2) is 71.8 Å². The number of nitrogens with one attached hydrogen (secondary N) is 1. The van der Waals surface area contributed by atoms with Gasteiger partial charge in [-0.2, -0.15) is 29.2 Å². The van der Waals surface area contributed by atoms with Crippen molar-refractivity contribution in [2.75, 3.05) is 11.5 Å². The number of rotatable bonds is 6. The Hall–Kier alpha value is 0.371. The molecule has 0 bridgehead atoms. The summed E-state index contributed by atoms with van der Waals surface area (Å²) in [5, 5.41) is 40.4. The van der Waals surface area contributed by atoms with Gasteiger partial charge in [0, 0.05) is 39.6 Å². The van der Waals surface area contributed by atoms with Crippen LogP contribution < -0.4 is 5.32 Å². The van der Waals surface area contributed by atoms with Crippen LogP contribution >= 0.6 is 23.5 Å². The van der Waals surface area contributed by atoms with E-state index in [4.69, 9.17) is 36.0 Å². The normalized spacial score (nSPS) is 26.8. The van der Waals surface area contributed by atoms with Gasteiger partial charge in [-0.1, -0.05) is 26.3 Å². The maximum atomic E-state index is 8.36. The van der Waals surface area contributed by atoms with Gasteiger partial charge in [-0.15, -0.1) is 26.3 Å². The molecule has 0 spiro atoms. The van der Waals surface area contributed by atoms with Gasteiger partial charge in [0.2, 0.25) is 0 Å². The van der Waals surface area contributed by atoms with Crippen molar-refractivity contribution in [3.8, 4) is 0 Å². The van der Waals surface area contributed by atoms with E-state index in [1.165, 1.54) is 43.6 Å². The smallest absolute Gasteiger partial charge is 0.659 e. The van der Waals surface area contributed by atoms with Gasteiger partial charge in [0.15, 0.2) is 0 Å². The van der Waals surface area contributed by atoms with Crippen LogP contribution in [0.4, 0.5) is 0 Å². The van der Waals surface area contributed by atoms with Gasteiger partial charge in [0.1, 0.15) is 0 Å². The standard InChI is InChI=1S/C20H34N4S2.3Ag.2HNO3.2H2O/c1-13-9-14(2)22-19(21-13)25-11-17-5-7-18(8-6-17)12-26-20-23-15(3)10-16(4)24-20;;;;2*2-1(3)4;;/h9,15-20,23H,5-8,10-12H2,1-4H3;;;;2*(H,2,3,4);2*1H2/q-2;;2*+1;;;;. The van der Waals surface area contributed by atoms with E-state index in [9.17, 15) is 0 Å². The summed E-state index contributed by atoms with van der Waals surface area (Å²) >= 11 is 3.95. The summed E-state index contributed by atoms with van der Waals surface area (Å²) in [6, 6.07) is 1.11. The quantitative estimate of drug-likeness (QED) is 0.201. The number of hydrogen-bond donors (Lipinski definition) is 3. The van der Waals surface area contributed by atoms with E-state index >= 15 is 0 Å². The van der Waals surface area contributed by atoms with Gasteiger partial charge >= 0.3 is 44.8 Å². The van der Waals surface area contributed by atoms with E-state index in [1.807, 2.05) is 23.5 Å². The van der Waals surface area contributed by atoms with Crippen molar-refractivity contribution in [1.29, 1.82) is 0 Å². The minimum atomic E-state index is -1.50. The molecule has 3 aliphatic rings. The molecule has 3 rings (SSSR count). The average molecular weight is 880 g/mol. The number of nitrogens with zero attached hydrogens (tertiary/aromatic N) is 5. The van der Waals surface area contributed by atoms with Crippen LogP contribution in [0.3, 0.4) is 0 Å². The van der Waals surface area contributed by atoms with Gasteiger partial charge in [0.25, 0.3) is 10.2 Å². The molecule has 4 atom stereocenters. The van der Waals surface area contributed by atoms with E-state index in [1.54, 1.807) is 0 Å². The summed E-state index contributed by atoms with van der Waals surface area (Å²) in [5.74, 6) is 4.17. The Morgan fingerprint density at radius 2 is 1.44 bits per heavy atom. The summed E-state index contributed by atoms with van der Waals surface area (Å²) in [6.07, 6.45) is 8.72. The van der Waals surface area contributed by atoms with Crippen LogP contribution in [-0.2, 0) is 67.1 Å². The molecular formula is C20H40Ag3N6O8S2. The van der Waals surface area contributed by atoms with Crippen molar-refractivity contribution in [2.45, 2.75) is 82.9 Å². The summed E-state index contributed by atoms with van der Waals surface area (Å²) in [5.41, 5.74) is 2.63. The first-order valence-corrected chi connectivity index (χ1v) is 13.3. The second kappa shape index (κ2) is 27.2. The maximum Gasteiger partial charge on any atom is 1.00 e. The molecule has 1 aliphatic carbocycles. The molecule has 4 unspecified atom stereocenters. The molecule has 0 aromatic heterocycles. The van der Waals surface area contributed by atoms with E-state index in [-0.39, 0.29) is 83.6 Å². The molecule has 7 N–H and O–H groups in total. The van der Waals surface area contributed by atoms with Crippen LogP contribution in [0.25, 0.3) is 10.6 Å². The third kappa shape index (κ3) is 25.8. The molecule has 243 valence electrons. The third-order valence-corrected chi connectivity index (χ3v) is 7.90. The summed E-state index contributed by atoms with van der Waals surface area (Å²) in [4.78, 5) is 21.4. The van der Waals surface area contributed by atoms with Gasteiger partial charge in [-0.25, -0.2) is 0 Å². The molecular weight excluding hydrogens is 840 g/mol. The molecule has 2 aliphatic heterocycles. The number of aliphatic imine (C=N–C) groups is 1. The molecule has 0 amide bonds. The maximum absolute atomic E-state index is 8.36. The second-order valence-electron chi connectivity index (χ2n) is 8.69. The zero-order valence-electron chi connectivity index (χ0n) is 22.0. The Morgan fingerprint density at radius 1 is 1.00 bits per heavy atom. The van der Waals surface area contributed by atoms with Gasteiger partial charge in [0.05, 0.1) is 0 Å². The largest absolute Gasteiger partial charge is 1.00 e. The molecule has 1 saturated heterocycles. The monoisotopic (exact) mass is 877 g/mol. The van der Waals surface area contributed by atoms with Crippen LogP contribution in [0, 0.1) is 32.1 Å². The van der Waals surface area contributed by atoms with Gasteiger partial charge < -0.3 is 37.3 Å². The van der Waals surface area contributed by atoms with E-state index in [2.05, 4.69) is 49.4 Å². The zero-order chi connectivity index (χ0) is 25.7. The SMILES string of the molecule is CC1=CC(C)=NC(SCC2CCC(CSC3[N-]C(C)CC(C)N3)CC2)[N-]1.O.O.O=[N+]([O-])O.O=[N+]([O-])O.[Ag+].[Ag+].[Ag]. The van der Waals surface area contributed by atoms with Crippen molar-refractivity contribution in [1.82, 2.24) is 5.32 Å². The average Bonchev–Trinajstić information content (AvgIpc) is 2.69. The van der Waals surface area contributed by atoms with Gasteiger partial charge in [-0.3, -0.25) is 4.99 Å². The fourth-order valence-electron chi connectivity index (χ4n) is 4.09. The molecule has 0 aromatic carbocycles. The molecule has 1 radical (unpaired) electrons. The first kappa shape index (κ1) is 49.1.